The monoisotopic (exact) mass is 281 g/mol. The van der Waals surface area contributed by atoms with Gasteiger partial charge in [0.15, 0.2) is 0 Å². The van der Waals surface area contributed by atoms with Crippen molar-refractivity contribution in [3.63, 3.8) is 0 Å². The summed E-state index contributed by atoms with van der Waals surface area (Å²) in [6, 6.07) is 13.4. The summed E-state index contributed by atoms with van der Waals surface area (Å²) in [4.78, 5) is 0. The molecule has 0 aliphatic heterocycles. The normalized spacial score (nSPS) is 9.38. The second-order valence-electron chi connectivity index (χ2n) is 4.14. The zero-order valence-electron chi connectivity index (χ0n) is 11.1. The number of halogens is 1. The van der Waals surface area contributed by atoms with Crippen molar-refractivity contribution < 1.29 is 14.2 Å². The second kappa shape index (κ2) is 7.09. The van der Waals surface area contributed by atoms with Crippen LogP contribution in [-0.4, -0.2) is 11.7 Å². The van der Waals surface area contributed by atoms with Crippen LogP contribution in [0.25, 0.3) is 0 Å². The van der Waals surface area contributed by atoms with Gasteiger partial charge in [0.1, 0.15) is 30.8 Å². The standard InChI is InChI=1S/C17H12FNO2/c18-17-14(11-19)6-3-7-15(17)12-21-16-9-2-1-5-13(16)8-4-10-20/h1-3,5-7,9,20H,10,12H2. The van der Waals surface area contributed by atoms with Gasteiger partial charge in [-0.3, -0.25) is 0 Å². The highest BCUT2D eigenvalue weighted by atomic mass is 19.1. The zero-order chi connectivity index (χ0) is 15.1. The first kappa shape index (κ1) is 14.6. The minimum Gasteiger partial charge on any atom is -0.487 e. The smallest absolute Gasteiger partial charge is 0.147 e. The lowest BCUT2D eigenvalue weighted by Crippen LogP contribution is -2.01. The number of rotatable bonds is 3. The van der Waals surface area contributed by atoms with Crippen molar-refractivity contribution in [2.75, 3.05) is 6.61 Å². The van der Waals surface area contributed by atoms with Crippen molar-refractivity contribution in [3.05, 3.63) is 65.0 Å². The summed E-state index contributed by atoms with van der Waals surface area (Å²) in [6.07, 6.45) is 0. The Balaban J connectivity index is 2.20. The lowest BCUT2D eigenvalue weighted by atomic mass is 10.1. The molecule has 0 amide bonds. The molecule has 3 nitrogen and oxygen atoms in total. The number of nitriles is 1. The fourth-order valence-corrected chi connectivity index (χ4v) is 1.76. The molecule has 0 saturated heterocycles. The number of nitrogens with zero attached hydrogens (tertiary/aromatic N) is 1. The first-order valence-corrected chi connectivity index (χ1v) is 6.25. The summed E-state index contributed by atoms with van der Waals surface area (Å²) in [6.45, 7) is -0.244. The summed E-state index contributed by atoms with van der Waals surface area (Å²) in [5.41, 5.74) is 0.909. The maximum Gasteiger partial charge on any atom is 0.147 e. The van der Waals surface area contributed by atoms with Gasteiger partial charge >= 0.3 is 0 Å². The van der Waals surface area contributed by atoms with E-state index in [9.17, 15) is 4.39 Å². The number of benzene rings is 2. The van der Waals surface area contributed by atoms with Crippen molar-refractivity contribution in [2.45, 2.75) is 6.61 Å². The van der Waals surface area contributed by atoms with Gasteiger partial charge in [0.05, 0.1) is 11.1 Å². The van der Waals surface area contributed by atoms with E-state index in [4.69, 9.17) is 15.1 Å². The molecule has 0 bridgehead atoms. The van der Waals surface area contributed by atoms with E-state index in [1.54, 1.807) is 42.5 Å². The minimum atomic E-state index is -0.570. The molecule has 0 heterocycles. The summed E-state index contributed by atoms with van der Waals surface area (Å²) in [5.74, 6) is 5.24. The Labute approximate surface area is 122 Å². The van der Waals surface area contributed by atoms with Crippen LogP contribution in [0, 0.1) is 29.0 Å². The van der Waals surface area contributed by atoms with E-state index in [1.807, 2.05) is 0 Å². The Morgan fingerprint density at radius 1 is 1.10 bits per heavy atom. The molecule has 4 heteroatoms. The third-order valence-electron chi connectivity index (χ3n) is 2.77. The molecule has 0 saturated carbocycles. The molecule has 0 spiro atoms. The molecule has 2 aromatic rings. The van der Waals surface area contributed by atoms with E-state index in [2.05, 4.69) is 11.8 Å². The van der Waals surface area contributed by atoms with Gasteiger partial charge in [-0.15, -0.1) is 0 Å². The van der Waals surface area contributed by atoms with E-state index in [1.165, 1.54) is 6.07 Å². The quantitative estimate of drug-likeness (QED) is 0.880. The van der Waals surface area contributed by atoms with Gasteiger partial charge in [0, 0.05) is 5.56 Å². The molecule has 0 atom stereocenters. The Kier molecular flexibility index (Phi) is 4.93. The molecule has 0 aliphatic rings. The second-order valence-corrected chi connectivity index (χ2v) is 4.14. The van der Waals surface area contributed by atoms with Crippen molar-refractivity contribution in [1.82, 2.24) is 0 Å². The lowest BCUT2D eigenvalue weighted by Gasteiger charge is -2.09. The maximum atomic E-state index is 13.9. The van der Waals surface area contributed by atoms with Crippen LogP contribution in [-0.2, 0) is 6.61 Å². The van der Waals surface area contributed by atoms with E-state index < -0.39 is 5.82 Å². The maximum absolute atomic E-state index is 13.9. The molecule has 104 valence electrons. The van der Waals surface area contributed by atoms with E-state index in [0.717, 1.165) is 0 Å². The molecular weight excluding hydrogens is 269 g/mol. The Morgan fingerprint density at radius 2 is 1.86 bits per heavy atom. The largest absolute Gasteiger partial charge is 0.487 e. The summed E-state index contributed by atoms with van der Waals surface area (Å²) < 4.78 is 19.5. The lowest BCUT2D eigenvalue weighted by molar-refractivity contribution is 0.299. The number of para-hydroxylation sites is 1. The van der Waals surface area contributed by atoms with Gasteiger partial charge in [0.2, 0.25) is 0 Å². The van der Waals surface area contributed by atoms with Gasteiger partial charge in [-0.2, -0.15) is 5.26 Å². The third-order valence-corrected chi connectivity index (χ3v) is 2.77. The summed E-state index contributed by atoms with van der Waals surface area (Å²) in [7, 11) is 0. The predicted molar refractivity (Wildman–Crippen MR) is 75.9 cm³/mol. The van der Waals surface area contributed by atoms with E-state index in [-0.39, 0.29) is 18.8 Å². The SMILES string of the molecule is N#Cc1cccc(COc2ccccc2C#CCO)c1F. The number of aliphatic hydroxyl groups is 1. The molecule has 0 fully saturated rings. The van der Waals surface area contributed by atoms with Gasteiger partial charge < -0.3 is 9.84 Å². The molecular formula is C17H12FNO2. The molecule has 0 unspecified atom stereocenters. The van der Waals surface area contributed by atoms with Crippen LogP contribution in [0.3, 0.4) is 0 Å². The number of aliphatic hydroxyl groups excluding tert-OH is 1. The number of hydrogen-bond acceptors (Lipinski definition) is 3. The van der Waals surface area contributed by atoms with Gasteiger partial charge in [-0.05, 0) is 18.2 Å². The molecule has 0 radical (unpaired) electrons. The average Bonchev–Trinajstić information content (AvgIpc) is 2.52. The van der Waals surface area contributed by atoms with Crippen LogP contribution in [0.5, 0.6) is 5.75 Å². The van der Waals surface area contributed by atoms with Crippen molar-refractivity contribution in [3.8, 4) is 23.7 Å². The fraction of sp³-hybridized carbons (Fsp3) is 0.118. The highest BCUT2D eigenvalue weighted by molar-refractivity contribution is 5.46. The molecule has 2 aromatic carbocycles. The van der Waals surface area contributed by atoms with Crippen molar-refractivity contribution in [2.24, 2.45) is 0 Å². The van der Waals surface area contributed by atoms with Gasteiger partial charge in [-0.1, -0.05) is 36.1 Å². The topological polar surface area (TPSA) is 53.2 Å². The van der Waals surface area contributed by atoms with Crippen LogP contribution in [0.15, 0.2) is 42.5 Å². The molecule has 2 rings (SSSR count). The molecule has 21 heavy (non-hydrogen) atoms. The van der Waals surface area contributed by atoms with Crippen LogP contribution >= 0.6 is 0 Å². The van der Waals surface area contributed by atoms with Gasteiger partial charge in [-0.25, -0.2) is 4.39 Å². The molecule has 1 N–H and O–H groups in total. The van der Waals surface area contributed by atoms with Crippen LogP contribution in [0.1, 0.15) is 16.7 Å². The summed E-state index contributed by atoms with van der Waals surface area (Å²) in [5, 5.41) is 17.5. The number of ether oxygens (including phenoxy) is 1. The van der Waals surface area contributed by atoms with Crippen LogP contribution in [0.4, 0.5) is 4.39 Å². The van der Waals surface area contributed by atoms with Crippen molar-refractivity contribution in [1.29, 1.82) is 5.26 Å². The number of hydrogen-bond donors (Lipinski definition) is 1. The van der Waals surface area contributed by atoms with E-state index >= 15 is 0 Å². The first-order chi connectivity index (χ1) is 10.3. The third kappa shape index (κ3) is 3.60. The zero-order valence-corrected chi connectivity index (χ0v) is 11.1. The van der Waals surface area contributed by atoms with Crippen LogP contribution < -0.4 is 4.74 Å². The summed E-state index contributed by atoms with van der Waals surface area (Å²) >= 11 is 0. The Hall–Kier alpha value is -2.82. The Bertz CT molecular complexity index is 738. The van der Waals surface area contributed by atoms with Crippen LogP contribution in [0.2, 0.25) is 0 Å². The van der Waals surface area contributed by atoms with E-state index in [0.29, 0.717) is 16.9 Å². The highest BCUT2D eigenvalue weighted by Crippen LogP contribution is 2.20. The fourth-order valence-electron chi connectivity index (χ4n) is 1.76. The van der Waals surface area contributed by atoms with Crippen molar-refractivity contribution >= 4 is 0 Å². The molecule has 0 aromatic heterocycles. The predicted octanol–water partition coefficient (Wildman–Crippen LogP) is 2.62. The first-order valence-electron chi connectivity index (χ1n) is 6.25. The van der Waals surface area contributed by atoms with Gasteiger partial charge in [0.25, 0.3) is 0 Å². The Morgan fingerprint density at radius 3 is 2.62 bits per heavy atom. The minimum absolute atomic E-state index is 0.000822. The average molecular weight is 281 g/mol. The molecule has 0 aliphatic carbocycles. The highest BCUT2D eigenvalue weighted by Gasteiger charge is 2.09.